The fourth-order valence-electron chi connectivity index (χ4n) is 15.3. The second-order valence-electron chi connectivity index (χ2n) is 22.0. The van der Waals surface area contributed by atoms with Gasteiger partial charge < -0.3 is 14.7 Å². The van der Waals surface area contributed by atoms with Crippen molar-refractivity contribution in [3.8, 4) is 0 Å². The monoisotopic (exact) mass is 722 g/mol. The first kappa shape index (κ1) is 40.0. The largest absolute Gasteiger partial charge is 0.481 e. The van der Waals surface area contributed by atoms with Crippen molar-refractivity contribution >= 4 is 17.7 Å². The van der Waals surface area contributed by atoms with Gasteiger partial charge in [0.1, 0.15) is 11.9 Å². The lowest BCUT2D eigenvalue weighted by Gasteiger charge is -2.73. The maximum absolute atomic E-state index is 14.1. The summed E-state index contributed by atoms with van der Waals surface area (Å²) < 4.78 is 6.30. The predicted molar refractivity (Wildman–Crippen MR) is 209 cm³/mol. The Hall–Kier alpha value is -1.69. The summed E-state index contributed by atoms with van der Waals surface area (Å²) in [4.78, 5) is 41.1. The minimum Gasteiger partial charge on any atom is -0.481 e. The van der Waals surface area contributed by atoms with E-state index >= 15 is 0 Å². The van der Waals surface area contributed by atoms with Gasteiger partial charge in [-0.05, 0) is 167 Å². The van der Waals surface area contributed by atoms with E-state index in [4.69, 9.17) is 4.74 Å². The molecule has 6 saturated carbocycles. The van der Waals surface area contributed by atoms with Crippen LogP contribution in [0.4, 0.5) is 0 Å². The number of hydrogen-bond acceptors (Lipinski definition) is 5. The molecule has 0 aromatic heterocycles. The molecule has 6 fully saturated rings. The van der Waals surface area contributed by atoms with E-state index in [-0.39, 0.29) is 52.0 Å². The molecule has 0 aromatic rings. The molecule has 6 aliphatic rings. The highest BCUT2D eigenvalue weighted by atomic mass is 16.5. The van der Waals surface area contributed by atoms with Crippen molar-refractivity contribution in [3.05, 3.63) is 12.2 Å². The lowest BCUT2D eigenvalue weighted by Crippen LogP contribution is -2.66. The summed E-state index contributed by atoms with van der Waals surface area (Å²) in [7, 11) is 4.38. The van der Waals surface area contributed by atoms with Crippen LogP contribution in [0.3, 0.4) is 0 Å². The van der Waals surface area contributed by atoms with Crippen LogP contribution in [0.2, 0.25) is 0 Å². The Labute approximate surface area is 317 Å². The zero-order valence-electron chi connectivity index (χ0n) is 34.9. The van der Waals surface area contributed by atoms with Crippen LogP contribution < -0.4 is 0 Å². The number of Topliss-reactive ketones (excluding diaryl/α,β-unsaturated/α-hetero) is 1. The third-order valence-electron chi connectivity index (χ3n) is 18.0. The van der Waals surface area contributed by atoms with E-state index in [1.807, 2.05) is 13.8 Å². The number of nitrogens with zero attached hydrogens (tertiary/aromatic N) is 1. The van der Waals surface area contributed by atoms with Gasteiger partial charge in [0, 0.05) is 24.3 Å². The Morgan fingerprint density at radius 3 is 2.17 bits per heavy atom. The molecule has 0 aliphatic heterocycles. The number of rotatable bonds is 11. The van der Waals surface area contributed by atoms with E-state index < -0.39 is 11.4 Å². The minimum atomic E-state index is -0.877. The zero-order valence-corrected chi connectivity index (χ0v) is 34.9. The number of ether oxygens (including phenoxy) is 1. The third kappa shape index (κ3) is 6.67. The van der Waals surface area contributed by atoms with E-state index in [0.717, 1.165) is 32.1 Å². The molecule has 6 aliphatic carbocycles. The average molecular weight is 722 g/mol. The van der Waals surface area contributed by atoms with Gasteiger partial charge in [0.05, 0.1) is 12.8 Å². The topological polar surface area (TPSA) is 83.9 Å². The van der Waals surface area contributed by atoms with Crippen LogP contribution in [-0.2, 0) is 19.1 Å². The summed E-state index contributed by atoms with van der Waals surface area (Å²) in [6, 6.07) is 0.629. The number of carboxylic acids is 1. The van der Waals surface area contributed by atoms with Crippen LogP contribution in [0.25, 0.3) is 0 Å². The predicted octanol–water partition coefficient (Wildman–Crippen LogP) is 10.5. The van der Waals surface area contributed by atoms with Crippen LogP contribution in [0.1, 0.15) is 165 Å². The summed E-state index contributed by atoms with van der Waals surface area (Å²) in [5.74, 6) is 2.77. The van der Waals surface area contributed by atoms with Gasteiger partial charge in [-0.1, -0.05) is 60.6 Å². The molecule has 294 valence electrons. The van der Waals surface area contributed by atoms with Gasteiger partial charge in [-0.2, -0.15) is 0 Å². The zero-order chi connectivity index (χ0) is 38.2. The van der Waals surface area contributed by atoms with Gasteiger partial charge in [0.15, 0.2) is 0 Å². The van der Waals surface area contributed by atoms with E-state index in [1.54, 1.807) is 0 Å². The summed E-state index contributed by atoms with van der Waals surface area (Å²) in [5.41, 5.74) is 1.33. The number of ketones is 1. The first-order chi connectivity index (χ1) is 24.1. The van der Waals surface area contributed by atoms with Crippen molar-refractivity contribution in [3.63, 3.8) is 0 Å². The number of allylic oxidation sites excluding steroid dienone is 1. The Kier molecular flexibility index (Phi) is 10.6. The van der Waals surface area contributed by atoms with Crippen LogP contribution in [0, 0.1) is 68.0 Å². The third-order valence-corrected chi connectivity index (χ3v) is 18.0. The molecule has 0 heterocycles. The smallest absolute Gasteiger partial charge is 0.306 e. The Morgan fingerprint density at radius 2 is 1.54 bits per heavy atom. The number of carbonyl (C=O) groups excluding carboxylic acids is 2. The molecule has 0 aromatic carbocycles. The number of carbonyl (C=O) groups is 3. The van der Waals surface area contributed by atoms with Gasteiger partial charge in [0.25, 0.3) is 0 Å². The van der Waals surface area contributed by atoms with Crippen LogP contribution in [0.15, 0.2) is 12.2 Å². The molecule has 0 saturated heterocycles. The van der Waals surface area contributed by atoms with Crippen molar-refractivity contribution in [2.75, 3.05) is 14.1 Å². The fraction of sp³-hybridized carbons (Fsp3) is 0.891. The summed E-state index contributed by atoms with van der Waals surface area (Å²) in [6.45, 7) is 23.2. The van der Waals surface area contributed by atoms with Gasteiger partial charge in [-0.15, -0.1) is 0 Å². The summed E-state index contributed by atoms with van der Waals surface area (Å²) >= 11 is 0. The van der Waals surface area contributed by atoms with Gasteiger partial charge in [0.2, 0.25) is 0 Å². The second kappa shape index (κ2) is 13.8. The maximum atomic E-state index is 14.1. The Bertz CT molecular complexity index is 1410. The van der Waals surface area contributed by atoms with E-state index in [0.29, 0.717) is 47.3 Å². The quantitative estimate of drug-likeness (QED) is 0.169. The molecule has 6 nitrogen and oxygen atoms in total. The molecular formula is C46H75NO5. The van der Waals surface area contributed by atoms with E-state index in [2.05, 4.69) is 67.1 Å². The SMILES string of the molecule is C=C(C)[C@@H]1CC[C@]2(CC(=O)C[C@H]3CCC(N(C)C)C3)CC[C@]3(C)[C@H](CC[C@@H]4[C@@]5(C)CC[C@H](OC(=O)CC(C)(C)CC(=O)O)C(C)(C)[C@@H]5CC[C@]43C)[C@@H]12. The number of carboxylic acid groups (broad SMARTS) is 1. The Morgan fingerprint density at radius 1 is 0.827 bits per heavy atom. The molecule has 1 unspecified atom stereocenters. The van der Waals surface area contributed by atoms with Crippen molar-refractivity contribution in [1.82, 2.24) is 4.90 Å². The lowest BCUT2D eigenvalue weighted by molar-refractivity contribution is -0.250. The minimum absolute atomic E-state index is 0.0415. The summed E-state index contributed by atoms with van der Waals surface area (Å²) in [5, 5.41) is 9.36. The summed E-state index contributed by atoms with van der Waals surface area (Å²) in [6.07, 6.45) is 16.8. The molecule has 6 rings (SSSR count). The maximum Gasteiger partial charge on any atom is 0.306 e. The molecule has 0 bridgehead atoms. The molecule has 6 heteroatoms. The van der Waals surface area contributed by atoms with Gasteiger partial charge in [-0.3, -0.25) is 14.4 Å². The number of esters is 1. The van der Waals surface area contributed by atoms with Gasteiger partial charge >= 0.3 is 11.9 Å². The molecule has 0 radical (unpaired) electrons. The highest BCUT2D eigenvalue weighted by molar-refractivity contribution is 5.79. The highest BCUT2D eigenvalue weighted by Gasteiger charge is 2.71. The molecule has 52 heavy (non-hydrogen) atoms. The van der Waals surface area contributed by atoms with Crippen LogP contribution >= 0.6 is 0 Å². The van der Waals surface area contributed by atoms with Gasteiger partial charge in [-0.25, -0.2) is 0 Å². The molecule has 0 amide bonds. The normalized spacial score (nSPS) is 43.9. The second-order valence-corrected chi connectivity index (χ2v) is 22.0. The van der Waals surface area contributed by atoms with Crippen molar-refractivity contribution in [2.24, 2.45) is 68.0 Å². The van der Waals surface area contributed by atoms with Crippen molar-refractivity contribution < 1.29 is 24.2 Å². The molecule has 12 atom stereocenters. The highest BCUT2D eigenvalue weighted by Crippen LogP contribution is 2.78. The average Bonchev–Trinajstić information content (AvgIpc) is 3.63. The molecular weight excluding hydrogens is 647 g/mol. The van der Waals surface area contributed by atoms with Crippen LogP contribution in [-0.4, -0.2) is 54.0 Å². The van der Waals surface area contributed by atoms with Crippen LogP contribution in [0.5, 0.6) is 0 Å². The van der Waals surface area contributed by atoms with E-state index in [1.165, 1.54) is 69.8 Å². The Balaban J connectivity index is 1.20. The lowest BCUT2D eigenvalue weighted by atomic mass is 9.32. The number of fused-ring (bicyclic) bond motifs is 7. The first-order valence-electron chi connectivity index (χ1n) is 21.3. The van der Waals surface area contributed by atoms with Crippen molar-refractivity contribution in [2.45, 2.75) is 177 Å². The molecule has 0 spiro atoms. The fourth-order valence-corrected chi connectivity index (χ4v) is 15.3. The van der Waals surface area contributed by atoms with Crippen molar-refractivity contribution in [1.29, 1.82) is 0 Å². The molecule has 1 N–H and O–H groups in total. The number of aliphatic carboxylic acids is 1. The van der Waals surface area contributed by atoms with E-state index in [9.17, 15) is 19.5 Å². The number of hydrogen-bond donors (Lipinski definition) is 1. The standard InChI is InChI=1S/C46H75NO5/c1-29(2)33-16-21-46(26-32(48)25-30-12-13-31(24-30)47(10)11)23-22-44(8)34(40(33)46)14-15-36-43(7)19-18-37(42(5,6)35(43)17-20-45(36,44)9)52-39(51)28-41(3,4)27-38(49)50/h30-31,33-37,40H,1,12-28H2,2-11H3,(H,49,50)/t30-,31?,33-,34+,35-,36+,37-,40+,43-,44+,45+,46+/m0/s1. The first-order valence-corrected chi connectivity index (χ1v) is 21.3.